The molecular formula is C11H11ClN2O2. The normalized spacial score (nSPS) is 10.6. The SMILES string of the molecule is CCOC(=O)c1c(CCl)ccc2[nH]cnc12. The summed E-state index contributed by atoms with van der Waals surface area (Å²) in [5.74, 6) is -0.118. The van der Waals surface area contributed by atoms with Crippen LogP contribution in [0.3, 0.4) is 0 Å². The van der Waals surface area contributed by atoms with E-state index in [-0.39, 0.29) is 11.8 Å². The summed E-state index contributed by atoms with van der Waals surface area (Å²) in [5, 5.41) is 0. The summed E-state index contributed by atoms with van der Waals surface area (Å²) in [7, 11) is 0. The minimum absolute atomic E-state index is 0.261. The number of hydrogen-bond donors (Lipinski definition) is 1. The number of halogens is 1. The third kappa shape index (κ3) is 1.76. The van der Waals surface area contributed by atoms with E-state index in [0.717, 1.165) is 11.1 Å². The van der Waals surface area contributed by atoms with Crippen molar-refractivity contribution >= 4 is 28.6 Å². The zero-order chi connectivity index (χ0) is 11.5. The first kappa shape index (κ1) is 11.0. The maximum Gasteiger partial charge on any atom is 0.340 e. The van der Waals surface area contributed by atoms with Crippen LogP contribution < -0.4 is 0 Å². The Morgan fingerprint density at radius 3 is 3.06 bits per heavy atom. The van der Waals surface area contributed by atoms with E-state index in [1.165, 1.54) is 0 Å². The summed E-state index contributed by atoms with van der Waals surface area (Å²) in [6, 6.07) is 3.66. The number of rotatable bonds is 3. The van der Waals surface area contributed by atoms with Crippen molar-refractivity contribution in [3.8, 4) is 0 Å². The lowest BCUT2D eigenvalue weighted by Crippen LogP contribution is -2.08. The van der Waals surface area contributed by atoms with Gasteiger partial charge >= 0.3 is 5.97 Å². The molecule has 5 heteroatoms. The van der Waals surface area contributed by atoms with Crippen LogP contribution in [0.1, 0.15) is 22.8 Å². The zero-order valence-corrected chi connectivity index (χ0v) is 9.54. The van der Waals surface area contributed by atoms with Gasteiger partial charge in [0.1, 0.15) is 5.52 Å². The Hall–Kier alpha value is -1.55. The number of fused-ring (bicyclic) bond motifs is 1. The van der Waals surface area contributed by atoms with E-state index in [9.17, 15) is 4.79 Å². The second-order valence-corrected chi connectivity index (χ2v) is 3.52. The summed E-state index contributed by atoms with van der Waals surface area (Å²) in [6.07, 6.45) is 1.55. The predicted octanol–water partition coefficient (Wildman–Crippen LogP) is 2.48. The first-order valence-electron chi connectivity index (χ1n) is 4.96. The van der Waals surface area contributed by atoms with E-state index in [1.54, 1.807) is 19.3 Å². The van der Waals surface area contributed by atoms with Crippen molar-refractivity contribution in [2.24, 2.45) is 0 Å². The molecule has 0 saturated heterocycles. The predicted molar refractivity (Wildman–Crippen MR) is 61.6 cm³/mol. The van der Waals surface area contributed by atoms with Gasteiger partial charge in [0.25, 0.3) is 0 Å². The summed E-state index contributed by atoms with van der Waals surface area (Å²) in [6.45, 7) is 2.10. The van der Waals surface area contributed by atoms with E-state index >= 15 is 0 Å². The fourth-order valence-electron chi connectivity index (χ4n) is 1.59. The number of nitrogens with one attached hydrogen (secondary N) is 1. The molecule has 0 unspecified atom stereocenters. The number of imidazole rings is 1. The number of H-pyrrole nitrogens is 1. The number of carbonyl (C=O) groups excluding carboxylic acids is 1. The van der Waals surface area contributed by atoms with E-state index in [4.69, 9.17) is 16.3 Å². The van der Waals surface area contributed by atoms with Gasteiger partial charge in [-0.3, -0.25) is 0 Å². The molecule has 0 fully saturated rings. The molecule has 16 heavy (non-hydrogen) atoms. The van der Waals surface area contributed by atoms with Gasteiger partial charge in [-0.25, -0.2) is 9.78 Å². The highest BCUT2D eigenvalue weighted by Gasteiger charge is 2.17. The summed E-state index contributed by atoms with van der Waals surface area (Å²) in [5.41, 5.74) is 2.60. The number of nitrogens with zero attached hydrogens (tertiary/aromatic N) is 1. The molecule has 0 saturated carbocycles. The fourth-order valence-corrected chi connectivity index (χ4v) is 1.81. The van der Waals surface area contributed by atoms with Crippen LogP contribution in [0.4, 0.5) is 0 Å². The van der Waals surface area contributed by atoms with Crippen molar-refractivity contribution in [2.45, 2.75) is 12.8 Å². The molecule has 1 aromatic heterocycles. The van der Waals surface area contributed by atoms with Crippen LogP contribution in [-0.2, 0) is 10.6 Å². The minimum atomic E-state index is -0.379. The largest absolute Gasteiger partial charge is 0.462 e. The first-order valence-corrected chi connectivity index (χ1v) is 5.49. The van der Waals surface area contributed by atoms with Crippen LogP contribution in [0.5, 0.6) is 0 Å². The number of benzene rings is 1. The number of aromatic nitrogens is 2. The Balaban J connectivity index is 2.61. The molecule has 0 bridgehead atoms. The Bertz CT molecular complexity index is 522. The standard InChI is InChI=1S/C11H11ClN2O2/c1-2-16-11(15)9-7(5-12)3-4-8-10(9)14-6-13-8/h3-4,6H,2,5H2,1H3,(H,13,14). The molecule has 0 aliphatic heterocycles. The van der Waals surface area contributed by atoms with E-state index in [1.807, 2.05) is 6.07 Å². The quantitative estimate of drug-likeness (QED) is 0.660. The van der Waals surface area contributed by atoms with Gasteiger partial charge in [0.05, 0.1) is 24.0 Å². The number of aromatic amines is 1. The average Bonchev–Trinajstić information content (AvgIpc) is 2.75. The van der Waals surface area contributed by atoms with Gasteiger partial charge in [-0.15, -0.1) is 11.6 Å². The second kappa shape index (κ2) is 4.53. The maximum absolute atomic E-state index is 11.8. The number of ether oxygens (including phenoxy) is 1. The van der Waals surface area contributed by atoms with Crippen molar-refractivity contribution in [2.75, 3.05) is 6.61 Å². The summed E-state index contributed by atoms with van der Waals surface area (Å²) >= 11 is 5.80. The lowest BCUT2D eigenvalue weighted by Gasteiger charge is -2.06. The minimum Gasteiger partial charge on any atom is -0.462 e. The molecule has 0 spiro atoms. The van der Waals surface area contributed by atoms with Crippen LogP contribution in [0, 0.1) is 0 Å². The first-order chi connectivity index (χ1) is 7.77. The van der Waals surface area contributed by atoms with Crippen LogP contribution in [0.25, 0.3) is 11.0 Å². The highest BCUT2D eigenvalue weighted by atomic mass is 35.5. The molecule has 1 heterocycles. The summed E-state index contributed by atoms with van der Waals surface area (Å²) in [4.78, 5) is 18.9. The molecule has 0 aliphatic carbocycles. The second-order valence-electron chi connectivity index (χ2n) is 3.25. The molecule has 0 radical (unpaired) electrons. The van der Waals surface area contributed by atoms with Gasteiger partial charge in [0, 0.05) is 5.88 Å². The van der Waals surface area contributed by atoms with E-state index in [0.29, 0.717) is 17.7 Å². The van der Waals surface area contributed by atoms with Crippen LogP contribution in [0.2, 0.25) is 0 Å². The lowest BCUT2D eigenvalue weighted by molar-refractivity contribution is 0.0527. The number of esters is 1. The molecule has 0 atom stereocenters. The Morgan fingerprint density at radius 1 is 1.56 bits per heavy atom. The topological polar surface area (TPSA) is 55.0 Å². The van der Waals surface area contributed by atoms with Crippen LogP contribution in [-0.4, -0.2) is 22.5 Å². The monoisotopic (exact) mass is 238 g/mol. The van der Waals surface area contributed by atoms with Crippen LogP contribution >= 0.6 is 11.6 Å². The number of alkyl halides is 1. The van der Waals surface area contributed by atoms with Crippen molar-refractivity contribution in [1.82, 2.24) is 9.97 Å². The van der Waals surface area contributed by atoms with Crippen molar-refractivity contribution < 1.29 is 9.53 Å². The van der Waals surface area contributed by atoms with Crippen molar-refractivity contribution in [3.63, 3.8) is 0 Å². The summed E-state index contributed by atoms with van der Waals surface area (Å²) < 4.78 is 5.00. The van der Waals surface area contributed by atoms with Crippen molar-refractivity contribution in [1.29, 1.82) is 0 Å². The number of hydrogen-bond acceptors (Lipinski definition) is 3. The van der Waals surface area contributed by atoms with Gasteiger partial charge in [-0.05, 0) is 18.6 Å². The smallest absolute Gasteiger partial charge is 0.340 e. The Kier molecular flexibility index (Phi) is 3.10. The zero-order valence-electron chi connectivity index (χ0n) is 8.79. The number of carbonyl (C=O) groups is 1. The van der Waals surface area contributed by atoms with Gasteiger partial charge in [0.2, 0.25) is 0 Å². The third-order valence-electron chi connectivity index (χ3n) is 2.30. The van der Waals surface area contributed by atoms with E-state index < -0.39 is 0 Å². The lowest BCUT2D eigenvalue weighted by atomic mass is 10.1. The molecule has 0 amide bonds. The molecule has 1 N–H and O–H groups in total. The molecule has 2 rings (SSSR count). The highest BCUT2D eigenvalue weighted by molar-refractivity contribution is 6.18. The highest BCUT2D eigenvalue weighted by Crippen LogP contribution is 2.22. The maximum atomic E-state index is 11.8. The fraction of sp³-hybridized carbons (Fsp3) is 0.273. The third-order valence-corrected chi connectivity index (χ3v) is 2.59. The van der Waals surface area contributed by atoms with Crippen molar-refractivity contribution in [3.05, 3.63) is 29.6 Å². The molecule has 1 aromatic carbocycles. The van der Waals surface area contributed by atoms with E-state index in [2.05, 4.69) is 9.97 Å². The molecule has 0 aliphatic rings. The van der Waals surface area contributed by atoms with Gasteiger partial charge in [-0.1, -0.05) is 6.07 Å². The molecule has 2 aromatic rings. The molecule has 4 nitrogen and oxygen atoms in total. The molecular weight excluding hydrogens is 228 g/mol. The van der Waals surface area contributed by atoms with Gasteiger partial charge < -0.3 is 9.72 Å². The Labute approximate surface area is 97.6 Å². The molecule has 84 valence electrons. The van der Waals surface area contributed by atoms with Crippen LogP contribution in [0.15, 0.2) is 18.5 Å². The van der Waals surface area contributed by atoms with Gasteiger partial charge in [-0.2, -0.15) is 0 Å². The Morgan fingerprint density at radius 2 is 2.38 bits per heavy atom. The van der Waals surface area contributed by atoms with Gasteiger partial charge in [0.15, 0.2) is 0 Å². The average molecular weight is 239 g/mol.